The quantitative estimate of drug-likeness (QED) is 0.428. The molecule has 0 aromatic rings. The summed E-state index contributed by atoms with van der Waals surface area (Å²) in [5, 5.41) is 3.26. The van der Waals surface area contributed by atoms with Gasteiger partial charge in [-0.2, -0.15) is 0 Å². The molecule has 1 saturated heterocycles. The highest BCUT2D eigenvalue weighted by Gasteiger charge is 2.20. The van der Waals surface area contributed by atoms with Crippen LogP contribution in [-0.2, 0) is 0 Å². The summed E-state index contributed by atoms with van der Waals surface area (Å²) in [5.41, 5.74) is 5.93. The first-order chi connectivity index (χ1) is 9.15. The smallest absolute Gasteiger partial charge is 0.188 e. The average molecular weight is 394 g/mol. The summed E-state index contributed by atoms with van der Waals surface area (Å²) in [5.74, 6) is 2.28. The Morgan fingerprint density at radius 2 is 2.10 bits per heavy atom. The van der Waals surface area contributed by atoms with E-state index in [0.717, 1.165) is 24.9 Å². The Labute approximate surface area is 141 Å². The molecule has 0 aromatic carbocycles. The van der Waals surface area contributed by atoms with Crippen molar-refractivity contribution in [3.8, 4) is 0 Å². The zero-order chi connectivity index (χ0) is 13.7. The third-order valence-electron chi connectivity index (χ3n) is 4.63. The van der Waals surface area contributed by atoms with Crippen molar-refractivity contribution < 1.29 is 0 Å². The van der Waals surface area contributed by atoms with Crippen LogP contribution in [0.25, 0.3) is 0 Å². The Bertz CT molecular complexity index is 304. The standard InChI is InChI=1S/C15H30N4.HI/c1-12-5-4-8-19(11-12)13(2)9-17-15(16)18-10-14-6-3-7-14;/h12-14H,3-11H2,1-2H3,(H3,16,17,18);1H. The molecule has 1 aliphatic heterocycles. The zero-order valence-electron chi connectivity index (χ0n) is 13.0. The van der Waals surface area contributed by atoms with Gasteiger partial charge in [-0.25, -0.2) is 0 Å². The number of likely N-dealkylation sites (tertiary alicyclic amines) is 1. The molecular weight excluding hydrogens is 363 g/mol. The number of guanidine groups is 1. The third kappa shape index (κ3) is 5.76. The lowest BCUT2D eigenvalue weighted by Gasteiger charge is -2.35. The van der Waals surface area contributed by atoms with Crippen LogP contribution in [0.2, 0.25) is 0 Å². The molecule has 1 saturated carbocycles. The second kappa shape index (κ2) is 9.07. The molecule has 4 nitrogen and oxygen atoms in total. The molecule has 1 heterocycles. The highest BCUT2D eigenvalue weighted by molar-refractivity contribution is 14.0. The van der Waals surface area contributed by atoms with Crippen molar-refractivity contribution in [2.75, 3.05) is 26.2 Å². The van der Waals surface area contributed by atoms with Crippen LogP contribution < -0.4 is 11.1 Å². The van der Waals surface area contributed by atoms with E-state index < -0.39 is 0 Å². The maximum atomic E-state index is 5.93. The molecule has 1 aliphatic carbocycles. The molecular formula is C15H31IN4. The Morgan fingerprint density at radius 1 is 1.35 bits per heavy atom. The van der Waals surface area contributed by atoms with E-state index >= 15 is 0 Å². The Kier molecular flexibility index (Phi) is 8.17. The first-order valence-corrected chi connectivity index (χ1v) is 7.93. The number of nitrogens with one attached hydrogen (secondary N) is 1. The molecule has 2 fully saturated rings. The molecule has 118 valence electrons. The van der Waals surface area contributed by atoms with Gasteiger partial charge in [-0.05, 0) is 51.0 Å². The van der Waals surface area contributed by atoms with Gasteiger partial charge in [-0.3, -0.25) is 9.89 Å². The lowest BCUT2D eigenvalue weighted by atomic mass is 9.85. The fourth-order valence-electron chi connectivity index (χ4n) is 2.97. The lowest BCUT2D eigenvalue weighted by molar-refractivity contribution is 0.142. The molecule has 0 amide bonds. The van der Waals surface area contributed by atoms with Crippen LogP contribution in [0.15, 0.2) is 4.99 Å². The van der Waals surface area contributed by atoms with Crippen LogP contribution in [-0.4, -0.2) is 43.1 Å². The van der Waals surface area contributed by atoms with Crippen molar-refractivity contribution in [2.24, 2.45) is 22.6 Å². The average Bonchev–Trinajstić information content (AvgIpc) is 2.34. The number of hydrogen-bond acceptors (Lipinski definition) is 2. The molecule has 0 radical (unpaired) electrons. The highest BCUT2D eigenvalue weighted by Crippen LogP contribution is 2.25. The summed E-state index contributed by atoms with van der Waals surface area (Å²) < 4.78 is 0. The Morgan fingerprint density at radius 3 is 2.70 bits per heavy atom. The first kappa shape index (κ1) is 18.0. The molecule has 2 unspecified atom stereocenters. The molecule has 0 bridgehead atoms. The Balaban J connectivity index is 0.00000200. The van der Waals surface area contributed by atoms with E-state index in [4.69, 9.17) is 5.73 Å². The minimum Gasteiger partial charge on any atom is -0.370 e. The van der Waals surface area contributed by atoms with Crippen molar-refractivity contribution in [3.05, 3.63) is 0 Å². The van der Waals surface area contributed by atoms with Gasteiger partial charge in [0.2, 0.25) is 0 Å². The number of halogens is 1. The van der Waals surface area contributed by atoms with Crippen molar-refractivity contribution >= 4 is 29.9 Å². The molecule has 0 spiro atoms. The molecule has 0 aromatic heterocycles. The monoisotopic (exact) mass is 394 g/mol. The number of hydrogen-bond donors (Lipinski definition) is 2. The summed E-state index contributed by atoms with van der Waals surface area (Å²) in [6.07, 6.45) is 6.78. The van der Waals surface area contributed by atoms with Gasteiger partial charge in [0.05, 0.1) is 6.54 Å². The van der Waals surface area contributed by atoms with Crippen molar-refractivity contribution in [1.29, 1.82) is 0 Å². The van der Waals surface area contributed by atoms with Crippen LogP contribution >= 0.6 is 24.0 Å². The summed E-state index contributed by atoms with van der Waals surface area (Å²) in [7, 11) is 0. The SMILES string of the molecule is CC1CCCN(C(C)CN=C(N)NCC2CCC2)C1.I. The van der Waals surface area contributed by atoms with Crippen LogP contribution in [0.3, 0.4) is 0 Å². The molecule has 2 rings (SSSR count). The van der Waals surface area contributed by atoms with Gasteiger partial charge in [0.1, 0.15) is 0 Å². The van der Waals surface area contributed by atoms with Crippen molar-refractivity contribution in [2.45, 2.75) is 52.0 Å². The molecule has 5 heteroatoms. The predicted octanol–water partition coefficient (Wildman–Crippen LogP) is 2.43. The molecule has 3 N–H and O–H groups in total. The van der Waals surface area contributed by atoms with Crippen molar-refractivity contribution in [3.63, 3.8) is 0 Å². The topological polar surface area (TPSA) is 53.6 Å². The maximum Gasteiger partial charge on any atom is 0.188 e. The van der Waals surface area contributed by atoms with E-state index in [1.165, 1.54) is 45.2 Å². The number of nitrogens with two attached hydrogens (primary N) is 1. The number of nitrogens with zero attached hydrogens (tertiary/aromatic N) is 2. The first-order valence-electron chi connectivity index (χ1n) is 7.93. The van der Waals surface area contributed by atoms with Crippen molar-refractivity contribution in [1.82, 2.24) is 10.2 Å². The van der Waals surface area contributed by atoms with E-state index in [2.05, 4.69) is 29.1 Å². The van der Waals surface area contributed by atoms with Gasteiger partial charge in [-0.1, -0.05) is 13.3 Å². The minimum absolute atomic E-state index is 0. The zero-order valence-corrected chi connectivity index (χ0v) is 15.3. The van der Waals surface area contributed by atoms with Crippen LogP contribution in [0.4, 0.5) is 0 Å². The fourth-order valence-corrected chi connectivity index (χ4v) is 2.97. The minimum atomic E-state index is 0. The van der Waals surface area contributed by atoms with Crippen LogP contribution in [0.5, 0.6) is 0 Å². The number of aliphatic imine (C=N–C) groups is 1. The van der Waals surface area contributed by atoms with E-state index in [9.17, 15) is 0 Å². The van der Waals surface area contributed by atoms with Gasteiger partial charge < -0.3 is 11.1 Å². The number of rotatable bonds is 5. The van der Waals surface area contributed by atoms with Gasteiger partial charge in [-0.15, -0.1) is 24.0 Å². The van der Waals surface area contributed by atoms with Gasteiger partial charge >= 0.3 is 0 Å². The predicted molar refractivity (Wildman–Crippen MR) is 96.7 cm³/mol. The fraction of sp³-hybridized carbons (Fsp3) is 0.933. The Hall–Kier alpha value is -0.0400. The van der Waals surface area contributed by atoms with E-state index in [1.807, 2.05) is 0 Å². The summed E-state index contributed by atoms with van der Waals surface area (Å²) in [6.45, 7) is 8.86. The van der Waals surface area contributed by atoms with Crippen LogP contribution in [0, 0.1) is 11.8 Å². The maximum absolute atomic E-state index is 5.93. The summed E-state index contributed by atoms with van der Waals surface area (Å²) >= 11 is 0. The summed E-state index contributed by atoms with van der Waals surface area (Å²) in [4.78, 5) is 7.05. The molecule has 20 heavy (non-hydrogen) atoms. The van der Waals surface area contributed by atoms with Crippen LogP contribution in [0.1, 0.15) is 46.0 Å². The lowest BCUT2D eigenvalue weighted by Crippen LogP contribution is -2.43. The van der Waals surface area contributed by atoms with Gasteiger partial charge in [0.15, 0.2) is 5.96 Å². The third-order valence-corrected chi connectivity index (χ3v) is 4.63. The van der Waals surface area contributed by atoms with Gasteiger partial charge in [0, 0.05) is 19.1 Å². The second-order valence-electron chi connectivity index (χ2n) is 6.50. The number of piperidine rings is 1. The normalized spacial score (nSPS) is 26.5. The van der Waals surface area contributed by atoms with Gasteiger partial charge in [0.25, 0.3) is 0 Å². The van der Waals surface area contributed by atoms with E-state index in [0.29, 0.717) is 12.0 Å². The molecule has 2 atom stereocenters. The summed E-state index contributed by atoms with van der Waals surface area (Å²) in [6, 6.07) is 0.506. The van der Waals surface area contributed by atoms with E-state index in [1.54, 1.807) is 0 Å². The largest absolute Gasteiger partial charge is 0.370 e. The second-order valence-corrected chi connectivity index (χ2v) is 6.50. The molecule has 2 aliphatic rings. The highest BCUT2D eigenvalue weighted by atomic mass is 127. The van der Waals surface area contributed by atoms with E-state index in [-0.39, 0.29) is 24.0 Å².